The molecule has 1 saturated carbocycles. The predicted octanol–water partition coefficient (Wildman–Crippen LogP) is 3.26. The van der Waals surface area contributed by atoms with E-state index in [9.17, 15) is 4.79 Å². The van der Waals surface area contributed by atoms with Crippen LogP contribution in [0.25, 0.3) is 0 Å². The molecule has 3 nitrogen and oxygen atoms in total. The molecule has 2 N–H and O–H groups in total. The second-order valence-electron chi connectivity index (χ2n) is 5.39. The number of amides is 1. The van der Waals surface area contributed by atoms with Crippen LogP contribution in [-0.2, 0) is 4.79 Å². The van der Waals surface area contributed by atoms with E-state index < -0.39 is 0 Å². The Bertz CT molecular complexity index is 409. The summed E-state index contributed by atoms with van der Waals surface area (Å²) in [5.41, 5.74) is 7.96. The van der Waals surface area contributed by atoms with E-state index in [1.165, 1.54) is 12.8 Å². The van der Waals surface area contributed by atoms with Gasteiger partial charge >= 0.3 is 0 Å². The van der Waals surface area contributed by atoms with Gasteiger partial charge in [0.05, 0.1) is 5.69 Å². The maximum atomic E-state index is 12.0. The fraction of sp³-hybridized carbons (Fsp3) is 0.533. The summed E-state index contributed by atoms with van der Waals surface area (Å²) in [6, 6.07) is 7.95. The first-order valence-electron chi connectivity index (χ1n) is 6.78. The van der Waals surface area contributed by atoms with Crippen molar-refractivity contribution < 1.29 is 4.79 Å². The van der Waals surface area contributed by atoms with Gasteiger partial charge in [0.1, 0.15) is 0 Å². The minimum atomic E-state index is 0.130. The van der Waals surface area contributed by atoms with Crippen LogP contribution < -0.4 is 10.9 Å². The molecule has 1 aliphatic carbocycles. The third-order valence-corrected chi connectivity index (χ3v) is 3.85. The number of rotatable bonds is 3. The van der Waals surface area contributed by atoms with Crippen molar-refractivity contribution in [3.8, 4) is 0 Å². The van der Waals surface area contributed by atoms with Gasteiger partial charge in [-0.3, -0.25) is 15.6 Å². The first-order chi connectivity index (χ1) is 8.66. The molecule has 0 saturated heterocycles. The van der Waals surface area contributed by atoms with Crippen molar-refractivity contribution in [2.24, 2.45) is 11.8 Å². The molecule has 1 aliphatic rings. The molecule has 0 aliphatic heterocycles. The Morgan fingerprint density at radius 2 is 1.83 bits per heavy atom. The Morgan fingerprint density at radius 3 is 2.50 bits per heavy atom. The van der Waals surface area contributed by atoms with Crippen molar-refractivity contribution in [3.05, 3.63) is 29.8 Å². The van der Waals surface area contributed by atoms with Crippen molar-refractivity contribution in [2.75, 3.05) is 5.43 Å². The zero-order chi connectivity index (χ0) is 13.0. The number of carbonyl (C=O) groups is 1. The molecule has 0 heterocycles. The number of nitrogens with one attached hydrogen (secondary N) is 2. The van der Waals surface area contributed by atoms with Gasteiger partial charge in [0.25, 0.3) is 0 Å². The quantitative estimate of drug-likeness (QED) is 0.804. The van der Waals surface area contributed by atoms with Crippen LogP contribution in [0.4, 0.5) is 5.69 Å². The van der Waals surface area contributed by atoms with E-state index in [1.807, 2.05) is 31.2 Å². The van der Waals surface area contributed by atoms with Gasteiger partial charge in [0.15, 0.2) is 0 Å². The highest BCUT2D eigenvalue weighted by atomic mass is 16.2. The summed E-state index contributed by atoms with van der Waals surface area (Å²) in [4.78, 5) is 12.0. The van der Waals surface area contributed by atoms with E-state index in [0.29, 0.717) is 0 Å². The maximum Gasteiger partial charge on any atom is 0.241 e. The van der Waals surface area contributed by atoms with Crippen molar-refractivity contribution in [1.29, 1.82) is 0 Å². The molecule has 18 heavy (non-hydrogen) atoms. The molecule has 0 atom stereocenters. The molecule has 1 fully saturated rings. The van der Waals surface area contributed by atoms with Crippen LogP contribution in [-0.4, -0.2) is 5.91 Å². The van der Waals surface area contributed by atoms with Gasteiger partial charge in [0.2, 0.25) is 5.91 Å². The summed E-state index contributed by atoms with van der Waals surface area (Å²) in [6.45, 7) is 4.29. The van der Waals surface area contributed by atoms with Crippen LogP contribution in [0.2, 0.25) is 0 Å². The minimum Gasteiger partial charge on any atom is -0.298 e. The van der Waals surface area contributed by atoms with Gasteiger partial charge in [-0.15, -0.1) is 0 Å². The largest absolute Gasteiger partial charge is 0.298 e. The van der Waals surface area contributed by atoms with Gasteiger partial charge in [-0.1, -0.05) is 25.1 Å². The molecule has 98 valence electrons. The van der Waals surface area contributed by atoms with E-state index in [0.717, 1.165) is 30.0 Å². The Morgan fingerprint density at radius 1 is 1.17 bits per heavy atom. The minimum absolute atomic E-state index is 0.130. The SMILES string of the molecule is Cc1ccccc1NNC(=O)C1CCC(C)CC1. The zero-order valence-electron chi connectivity index (χ0n) is 11.2. The Hall–Kier alpha value is -1.51. The monoisotopic (exact) mass is 246 g/mol. The second kappa shape index (κ2) is 5.89. The normalized spacial score (nSPS) is 23.4. The lowest BCUT2D eigenvalue weighted by atomic mass is 9.83. The first kappa shape index (κ1) is 12.9. The number of aryl methyl sites for hydroxylation is 1. The van der Waals surface area contributed by atoms with Crippen LogP contribution >= 0.6 is 0 Å². The van der Waals surface area contributed by atoms with Crippen LogP contribution in [0.1, 0.15) is 38.2 Å². The highest BCUT2D eigenvalue weighted by molar-refractivity contribution is 5.80. The van der Waals surface area contributed by atoms with Gasteiger partial charge in [-0.25, -0.2) is 0 Å². The number of hydrazine groups is 1. The Labute approximate surface area is 109 Å². The molecule has 0 spiro atoms. The first-order valence-corrected chi connectivity index (χ1v) is 6.78. The number of anilines is 1. The van der Waals surface area contributed by atoms with E-state index in [2.05, 4.69) is 17.8 Å². The van der Waals surface area contributed by atoms with Crippen molar-refractivity contribution >= 4 is 11.6 Å². The van der Waals surface area contributed by atoms with Gasteiger partial charge in [-0.2, -0.15) is 0 Å². The zero-order valence-corrected chi connectivity index (χ0v) is 11.2. The third kappa shape index (κ3) is 3.25. The summed E-state index contributed by atoms with van der Waals surface area (Å²) >= 11 is 0. The van der Waals surface area contributed by atoms with Gasteiger partial charge in [-0.05, 0) is 50.2 Å². The molecular formula is C15H22N2O. The molecule has 0 bridgehead atoms. The smallest absolute Gasteiger partial charge is 0.241 e. The molecular weight excluding hydrogens is 224 g/mol. The molecule has 0 unspecified atom stereocenters. The summed E-state index contributed by atoms with van der Waals surface area (Å²) < 4.78 is 0. The van der Waals surface area contributed by atoms with Crippen LogP contribution in [0, 0.1) is 18.8 Å². The van der Waals surface area contributed by atoms with E-state index >= 15 is 0 Å². The Balaban J connectivity index is 1.83. The lowest BCUT2D eigenvalue weighted by Crippen LogP contribution is -2.36. The standard InChI is InChI=1S/C15H22N2O/c1-11-7-9-13(10-8-11)15(18)17-16-14-6-4-3-5-12(14)2/h3-6,11,13,16H,7-10H2,1-2H3,(H,17,18). The molecule has 1 aromatic carbocycles. The van der Waals surface area contributed by atoms with Crippen molar-refractivity contribution in [1.82, 2.24) is 5.43 Å². The van der Waals surface area contributed by atoms with Crippen molar-refractivity contribution in [3.63, 3.8) is 0 Å². The molecule has 1 aromatic rings. The van der Waals surface area contributed by atoms with Crippen LogP contribution in [0.5, 0.6) is 0 Å². The van der Waals surface area contributed by atoms with Gasteiger partial charge in [0, 0.05) is 5.92 Å². The molecule has 3 heteroatoms. The maximum absolute atomic E-state index is 12.0. The van der Waals surface area contributed by atoms with Gasteiger partial charge < -0.3 is 0 Å². The average molecular weight is 246 g/mol. The average Bonchev–Trinajstić information content (AvgIpc) is 2.38. The van der Waals surface area contributed by atoms with Crippen molar-refractivity contribution in [2.45, 2.75) is 39.5 Å². The fourth-order valence-electron chi connectivity index (χ4n) is 2.47. The topological polar surface area (TPSA) is 41.1 Å². The fourth-order valence-corrected chi connectivity index (χ4v) is 2.47. The highest BCUT2D eigenvalue weighted by Crippen LogP contribution is 2.28. The molecule has 2 rings (SSSR count). The second-order valence-corrected chi connectivity index (χ2v) is 5.39. The van der Waals surface area contributed by atoms with E-state index in [-0.39, 0.29) is 11.8 Å². The summed E-state index contributed by atoms with van der Waals surface area (Å²) in [7, 11) is 0. The molecule has 1 amide bonds. The highest BCUT2D eigenvalue weighted by Gasteiger charge is 2.24. The summed E-state index contributed by atoms with van der Waals surface area (Å²) in [5, 5.41) is 0. The lowest BCUT2D eigenvalue weighted by molar-refractivity contribution is -0.125. The number of hydrogen-bond donors (Lipinski definition) is 2. The third-order valence-electron chi connectivity index (χ3n) is 3.85. The number of carbonyl (C=O) groups excluding carboxylic acids is 1. The Kier molecular flexibility index (Phi) is 4.24. The number of hydrogen-bond acceptors (Lipinski definition) is 2. The molecule has 0 aromatic heterocycles. The van der Waals surface area contributed by atoms with Crippen LogP contribution in [0.15, 0.2) is 24.3 Å². The predicted molar refractivity (Wildman–Crippen MR) is 74.1 cm³/mol. The summed E-state index contributed by atoms with van der Waals surface area (Å²) in [5.74, 6) is 1.08. The van der Waals surface area contributed by atoms with E-state index in [1.54, 1.807) is 0 Å². The van der Waals surface area contributed by atoms with E-state index in [4.69, 9.17) is 0 Å². The summed E-state index contributed by atoms with van der Waals surface area (Å²) in [6.07, 6.45) is 4.37. The molecule has 0 radical (unpaired) electrons. The number of para-hydroxylation sites is 1. The van der Waals surface area contributed by atoms with Crippen LogP contribution in [0.3, 0.4) is 0 Å². The lowest BCUT2D eigenvalue weighted by Gasteiger charge is -2.25. The number of benzene rings is 1.